The molecule has 1 fully saturated rings. The van der Waals surface area contributed by atoms with Gasteiger partial charge < -0.3 is 14.8 Å². The average molecular weight is 447 g/mol. The minimum Gasteiger partial charge on any atom is -0.352 e. The molecule has 170 valence electrons. The van der Waals surface area contributed by atoms with E-state index in [4.69, 9.17) is 0 Å². The van der Waals surface area contributed by atoms with Crippen molar-refractivity contribution in [3.63, 3.8) is 0 Å². The van der Waals surface area contributed by atoms with Crippen LogP contribution in [0, 0.1) is 5.92 Å². The summed E-state index contributed by atoms with van der Waals surface area (Å²) in [6, 6.07) is 7.94. The van der Waals surface area contributed by atoms with Gasteiger partial charge in [0.1, 0.15) is 0 Å². The molecule has 0 spiro atoms. The molecule has 1 aromatic carbocycles. The van der Waals surface area contributed by atoms with Gasteiger partial charge in [-0.1, -0.05) is 31.2 Å². The summed E-state index contributed by atoms with van der Waals surface area (Å²) in [6.45, 7) is 8.41. The van der Waals surface area contributed by atoms with Crippen LogP contribution < -0.4 is 10.0 Å². The van der Waals surface area contributed by atoms with Crippen molar-refractivity contribution in [1.29, 1.82) is 0 Å². The summed E-state index contributed by atoms with van der Waals surface area (Å²) in [5.74, 6) is 1.45. The molecule has 31 heavy (non-hydrogen) atoms. The molecule has 2 unspecified atom stereocenters. The fourth-order valence-corrected chi connectivity index (χ4v) is 5.41. The van der Waals surface area contributed by atoms with Crippen LogP contribution in [0.25, 0.3) is 0 Å². The molecule has 0 aliphatic carbocycles. The van der Waals surface area contributed by atoms with Crippen molar-refractivity contribution >= 4 is 16.0 Å². The highest BCUT2D eigenvalue weighted by atomic mass is 32.2. The molecule has 9 heteroatoms. The van der Waals surface area contributed by atoms with Crippen molar-refractivity contribution in [2.24, 2.45) is 10.9 Å². The van der Waals surface area contributed by atoms with Gasteiger partial charge in [-0.2, -0.15) is 0 Å². The molecule has 0 bridgehead atoms. The molecule has 2 atom stereocenters. The highest BCUT2D eigenvalue weighted by molar-refractivity contribution is 7.88. The second-order valence-electron chi connectivity index (χ2n) is 8.54. The van der Waals surface area contributed by atoms with Crippen molar-refractivity contribution < 1.29 is 8.42 Å². The Labute approximate surface area is 185 Å². The summed E-state index contributed by atoms with van der Waals surface area (Å²) < 4.78 is 29.0. The third kappa shape index (κ3) is 6.54. The Kier molecular flexibility index (Phi) is 7.72. The van der Waals surface area contributed by atoms with Crippen molar-refractivity contribution in [3.05, 3.63) is 54.1 Å². The number of nitrogens with one attached hydrogen (secondary N) is 2. The van der Waals surface area contributed by atoms with E-state index < -0.39 is 10.0 Å². The summed E-state index contributed by atoms with van der Waals surface area (Å²) in [4.78, 5) is 11.0. The molecule has 1 saturated heterocycles. The average Bonchev–Trinajstić information content (AvgIpc) is 3.24. The Morgan fingerprint density at radius 1 is 1.26 bits per heavy atom. The monoisotopic (exact) mass is 446 g/mol. The van der Waals surface area contributed by atoms with Crippen LogP contribution in [0.4, 0.5) is 0 Å². The van der Waals surface area contributed by atoms with Gasteiger partial charge in [-0.25, -0.2) is 18.1 Å². The van der Waals surface area contributed by atoms with E-state index >= 15 is 0 Å². The maximum atomic E-state index is 12.1. The first-order valence-electron chi connectivity index (χ1n) is 10.8. The quantitative estimate of drug-likeness (QED) is 0.503. The molecular formula is C22H34N6O2S. The number of hydrogen-bond acceptors (Lipinski definition) is 4. The lowest BCUT2D eigenvalue weighted by Crippen LogP contribution is -2.48. The van der Waals surface area contributed by atoms with Crippen molar-refractivity contribution in [3.8, 4) is 0 Å². The van der Waals surface area contributed by atoms with Crippen LogP contribution in [0.15, 0.2) is 48.0 Å². The predicted molar refractivity (Wildman–Crippen MR) is 124 cm³/mol. The van der Waals surface area contributed by atoms with E-state index in [0.29, 0.717) is 18.5 Å². The van der Waals surface area contributed by atoms with Crippen molar-refractivity contribution in [2.75, 3.05) is 20.1 Å². The minimum absolute atomic E-state index is 0.0117. The number of hydrogen-bond donors (Lipinski definition) is 2. The summed E-state index contributed by atoms with van der Waals surface area (Å²) in [6.07, 6.45) is 6.84. The number of benzene rings is 1. The topological polar surface area (TPSA) is 91.6 Å². The molecule has 2 N–H and O–H groups in total. The fraction of sp³-hybridized carbons (Fsp3) is 0.545. The van der Waals surface area contributed by atoms with Crippen molar-refractivity contribution in [1.82, 2.24) is 24.5 Å². The molecular weight excluding hydrogens is 412 g/mol. The third-order valence-electron chi connectivity index (χ3n) is 5.58. The fourth-order valence-electron chi connectivity index (χ4n) is 3.98. The largest absolute Gasteiger partial charge is 0.352 e. The number of likely N-dealkylation sites (tertiary alicyclic amines) is 1. The molecule has 3 rings (SSSR count). The Morgan fingerprint density at radius 2 is 1.97 bits per heavy atom. The lowest BCUT2D eigenvalue weighted by molar-refractivity contribution is 0.189. The van der Waals surface area contributed by atoms with Gasteiger partial charge in [-0.15, -0.1) is 0 Å². The zero-order valence-electron chi connectivity index (χ0n) is 18.8. The number of aliphatic imine (C=N–C) groups is 1. The van der Waals surface area contributed by atoms with Gasteiger partial charge in [0, 0.05) is 45.1 Å². The Balaban J connectivity index is 1.57. The highest BCUT2D eigenvalue weighted by Crippen LogP contribution is 2.27. The van der Waals surface area contributed by atoms with Crippen LogP contribution in [0.3, 0.4) is 0 Å². The van der Waals surface area contributed by atoms with E-state index in [1.54, 1.807) is 0 Å². The maximum Gasteiger partial charge on any atom is 0.216 e. The molecule has 1 aromatic heterocycles. The van der Waals surface area contributed by atoms with E-state index in [2.05, 4.69) is 36.4 Å². The number of piperidine rings is 1. The van der Waals surface area contributed by atoms with Gasteiger partial charge in [0.2, 0.25) is 10.0 Å². The summed E-state index contributed by atoms with van der Waals surface area (Å²) in [7, 11) is -1.51. The summed E-state index contributed by atoms with van der Waals surface area (Å²) >= 11 is 0. The second-order valence-corrected chi connectivity index (χ2v) is 10.3. The Bertz CT molecular complexity index is 954. The molecule has 0 radical (unpaired) electrons. The van der Waals surface area contributed by atoms with E-state index in [1.165, 1.54) is 0 Å². The minimum atomic E-state index is -3.32. The molecule has 1 aliphatic rings. The van der Waals surface area contributed by atoms with Gasteiger partial charge in [0.15, 0.2) is 5.96 Å². The number of guanidine groups is 1. The zero-order chi connectivity index (χ0) is 22.4. The lowest BCUT2D eigenvalue weighted by Gasteiger charge is -2.39. The standard InChI is InChI=1S/C22H34N6O2S/c1-17(2)26-31(29,30)15-20-7-5-19(6-8-20)13-25-22(23-4)27-11-9-18(3)21(14-27)28-12-10-24-16-28/h5-8,10,12,16-18,21,26H,9,11,13-15H2,1-4H3,(H,23,25). The summed E-state index contributed by atoms with van der Waals surface area (Å²) in [5, 5.41) is 3.45. The van der Waals surface area contributed by atoms with Crippen molar-refractivity contribution in [2.45, 2.75) is 51.6 Å². The first-order chi connectivity index (χ1) is 14.8. The van der Waals surface area contributed by atoms with E-state index in [-0.39, 0.29) is 11.8 Å². The molecule has 0 saturated carbocycles. The van der Waals surface area contributed by atoms with Gasteiger partial charge >= 0.3 is 0 Å². The Morgan fingerprint density at radius 3 is 2.58 bits per heavy atom. The second kappa shape index (κ2) is 10.3. The van der Waals surface area contributed by atoms with Gasteiger partial charge in [-0.05, 0) is 37.3 Å². The molecule has 2 heterocycles. The van der Waals surface area contributed by atoms with E-state index in [0.717, 1.165) is 36.6 Å². The first kappa shape index (κ1) is 23.3. The number of imidazole rings is 1. The van der Waals surface area contributed by atoms with Crippen LogP contribution in [0.5, 0.6) is 0 Å². The zero-order valence-corrected chi connectivity index (χ0v) is 19.6. The van der Waals surface area contributed by atoms with Gasteiger partial charge in [0.05, 0.1) is 18.1 Å². The number of sulfonamides is 1. The van der Waals surface area contributed by atoms with Gasteiger partial charge in [0.25, 0.3) is 0 Å². The van der Waals surface area contributed by atoms with Crippen LogP contribution in [0.1, 0.15) is 44.4 Å². The normalized spacial score (nSPS) is 20.3. The van der Waals surface area contributed by atoms with Crippen LogP contribution in [0.2, 0.25) is 0 Å². The first-order valence-corrected chi connectivity index (χ1v) is 12.4. The molecule has 2 aromatic rings. The predicted octanol–water partition coefficient (Wildman–Crippen LogP) is 2.37. The molecule has 0 amide bonds. The van der Waals surface area contributed by atoms with Crippen LogP contribution in [-0.4, -0.2) is 55.0 Å². The Hall–Kier alpha value is -2.39. The van der Waals surface area contributed by atoms with Crippen LogP contribution in [-0.2, 0) is 22.3 Å². The van der Waals surface area contributed by atoms with E-state index in [1.807, 2.05) is 63.9 Å². The third-order valence-corrected chi connectivity index (χ3v) is 7.13. The van der Waals surface area contributed by atoms with Gasteiger partial charge in [-0.3, -0.25) is 4.99 Å². The van der Waals surface area contributed by atoms with Crippen LogP contribution >= 0.6 is 0 Å². The lowest BCUT2D eigenvalue weighted by atomic mass is 9.93. The maximum absolute atomic E-state index is 12.1. The molecule has 8 nitrogen and oxygen atoms in total. The smallest absolute Gasteiger partial charge is 0.216 e. The SMILES string of the molecule is CN=C(NCc1ccc(CS(=O)(=O)NC(C)C)cc1)N1CCC(C)C(n2ccnc2)C1. The molecule has 1 aliphatic heterocycles. The number of aromatic nitrogens is 2. The number of nitrogens with zero attached hydrogens (tertiary/aromatic N) is 4. The number of rotatable bonds is 7. The van der Waals surface area contributed by atoms with E-state index in [9.17, 15) is 8.42 Å². The highest BCUT2D eigenvalue weighted by Gasteiger charge is 2.28. The summed E-state index contributed by atoms with van der Waals surface area (Å²) in [5.41, 5.74) is 1.85.